The zero-order valence-electron chi connectivity index (χ0n) is 11.6. The van der Waals surface area contributed by atoms with Gasteiger partial charge in [0.2, 0.25) is 0 Å². The van der Waals surface area contributed by atoms with Crippen LogP contribution in [-0.2, 0) is 9.53 Å². The van der Waals surface area contributed by atoms with Crippen molar-refractivity contribution < 1.29 is 14.6 Å². The van der Waals surface area contributed by atoms with Crippen LogP contribution in [0.1, 0.15) is 6.42 Å². The van der Waals surface area contributed by atoms with Crippen LogP contribution >= 0.6 is 0 Å². The normalized spacial score (nSPS) is 24.2. The van der Waals surface area contributed by atoms with E-state index < -0.39 is 5.97 Å². The number of nitrogens with zero attached hydrogens (tertiary/aromatic N) is 3. The van der Waals surface area contributed by atoms with Crippen molar-refractivity contribution in [3.63, 3.8) is 0 Å². The van der Waals surface area contributed by atoms with Crippen molar-refractivity contribution >= 4 is 5.97 Å². The maximum Gasteiger partial charge on any atom is 0.317 e. The number of hydrogen-bond donors (Lipinski definition) is 1. The highest BCUT2D eigenvalue weighted by Crippen LogP contribution is 2.04. The minimum Gasteiger partial charge on any atom is -0.480 e. The fourth-order valence-electron chi connectivity index (χ4n) is 2.70. The molecular formula is C13H25N3O3. The average molecular weight is 271 g/mol. The SMILES string of the molecule is O=C(O)CN1CCCN(CCN2CCOCC2)CC1. The van der Waals surface area contributed by atoms with E-state index in [1.165, 1.54) is 0 Å². The van der Waals surface area contributed by atoms with E-state index in [-0.39, 0.29) is 6.54 Å². The van der Waals surface area contributed by atoms with Crippen LogP contribution < -0.4 is 0 Å². The van der Waals surface area contributed by atoms with Crippen molar-refractivity contribution in [3.8, 4) is 0 Å². The molecule has 0 atom stereocenters. The number of carboxylic acid groups (broad SMARTS) is 1. The Morgan fingerprint density at radius 2 is 1.47 bits per heavy atom. The molecule has 2 saturated heterocycles. The lowest BCUT2D eigenvalue weighted by molar-refractivity contribution is -0.138. The van der Waals surface area contributed by atoms with Crippen molar-refractivity contribution in [2.45, 2.75) is 6.42 Å². The first-order valence-corrected chi connectivity index (χ1v) is 7.20. The first kappa shape index (κ1) is 14.7. The fourth-order valence-corrected chi connectivity index (χ4v) is 2.70. The Hall–Kier alpha value is -0.690. The summed E-state index contributed by atoms with van der Waals surface area (Å²) in [7, 11) is 0. The molecule has 2 rings (SSSR count). The molecule has 0 bridgehead atoms. The monoisotopic (exact) mass is 271 g/mol. The molecule has 110 valence electrons. The first-order chi connectivity index (χ1) is 9.24. The molecule has 0 amide bonds. The topological polar surface area (TPSA) is 56.2 Å². The van der Waals surface area contributed by atoms with Gasteiger partial charge in [0, 0.05) is 45.8 Å². The minimum atomic E-state index is -0.721. The Morgan fingerprint density at radius 1 is 0.895 bits per heavy atom. The van der Waals surface area contributed by atoms with Crippen LogP contribution in [0.25, 0.3) is 0 Å². The van der Waals surface area contributed by atoms with Crippen LogP contribution in [0.15, 0.2) is 0 Å². The molecule has 6 heteroatoms. The van der Waals surface area contributed by atoms with E-state index in [9.17, 15) is 4.79 Å². The van der Waals surface area contributed by atoms with Crippen molar-refractivity contribution in [2.75, 3.05) is 72.1 Å². The maximum absolute atomic E-state index is 10.7. The predicted molar refractivity (Wildman–Crippen MR) is 72.4 cm³/mol. The van der Waals surface area contributed by atoms with Gasteiger partial charge >= 0.3 is 5.97 Å². The highest BCUT2D eigenvalue weighted by Gasteiger charge is 2.17. The second-order valence-corrected chi connectivity index (χ2v) is 5.32. The molecule has 0 radical (unpaired) electrons. The molecule has 0 aromatic rings. The molecule has 6 nitrogen and oxygen atoms in total. The molecule has 0 unspecified atom stereocenters. The van der Waals surface area contributed by atoms with Crippen LogP contribution in [-0.4, -0.2) is 97.9 Å². The van der Waals surface area contributed by atoms with Crippen LogP contribution in [0, 0.1) is 0 Å². The molecule has 19 heavy (non-hydrogen) atoms. The maximum atomic E-state index is 10.7. The molecule has 2 fully saturated rings. The van der Waals surface area contributed by atoms with E-state index in [1.54, 1.807) is 0 Å². The summed E-state index contributed by atoms with van der Waals surface area (Å²) in [6.45, 7) is 9.99. The van der Waals surface area contributed by atoms with E-state index in [1.807, 2.05) is 4.90 Å². The van der Waals surface area contributed by atoms with Gasteiger partial charge in [-0.1, -0.05) is 0 Å². The van der Waals surface area contributed by atoms with Crippen LogP contribution in [0.4, 0.5) is 0 Å². The van der Waals surface area contributed by atoms with Crippen molar-refractivity contribution in [2.24, 2.45) is 0 Å². The first-order valence-electron chi connectivity index (χ1n) is 7.20. The Kier molecular flexibility index (Phi) is 6.03. The Morgan fingerprint density at radius 3 is 2.16 bits per heavy atom. The number of ether oxygens (including phenoxy) is 1. The number of aliphatic carboxylic acids is 1. The van der Waals surface area contributed by atoms with Crippen molar-refractivity contribution in [1.82, 2.24) is 14.7 Å². The second kappa shape index (κ2) is 7.79. The van der Waals surface area contributed by atoms with E-state index in [0.717, 1.165) is 72.0 Å². The standard InChI is InChI=1S/C13H25N3O3/c17-13(18)12-16-3-1-2-14(6-7-16)4-5-15-8-10-19-11-9-15/h1-12H2,(H,17,18). The number of rotatable bonds is 5. The van der Waals surface area contributed by atoms with Gasteiger partial charge in [0.05, 0.1) is 19.8 Å². The Labute approximate surface area is 114 Å². The fraction of sp³-hybridized carbons (Fsp3) is 0.923. The van der Waals surface area contributed by atoms with Gasteiger partial charge in [-0.25, -0.2) is 0 Å². The van der Waals surface area contributed by atoms with E-state index in [2.05, 4.69) is 9.80 Å². The summed E-state index contributed by atoms with van der Waals surface area (Å²) in [5.74, 6) is -0.721. The number of hydrogen-bond acceptors (Lipinski definition) is 5. The average Bonchev–Trinajstić information content (AvgIpc) is 2.62. The van der Waals surface area contributed by atoms with Gasteiger partial charge in [0.15, 0.2) is 0 Å². The summed E-state index contributed by atoms with van der Waals surface area (Å²) in [5, 5.41) is 8.82. The lowest BCUT2D eigenvalue weighted by Gasteiger charge is -2.29. The third-order valence-electron chi connectivity index (χ3n) is 3.88. The van der Waals surface area contributed by atoms with Crippen molar-refractivity contribution in [3.05, 3.63) is 0 Å². The predicted octanol–water partition coefficient (Wildman–Crippen LogP) is -0.589. The quantitative estimate of drug-likeness (QED) is 0.721. The summed E-state index contributed by atoms with van der Waals surface area (Å²) in [6.07, 6.45) is 1.07. The number of carbonyl (C=O) groups is 1. The summed E-state index contributed by atoms with van der Waals surface area (Å²) in [6, 6.07) is 0. The largest absolute Gasteiger partial charge is 0.480 e. The van der Waals surface area contributed by atoms with Gasteiger partial charge in [-0.05, 0) is 13.0 Å². The smallest absolute Gasteiger partial charge is 0.317 e. The lowest BCUT2D eigenvalue weighted by atomic mass is 10.3. The molecule has 2 aliphatic heterocycles. The minimum absolute atomic E-state index is 0.178. The molecule has 0 aliphatic carbocycles. The van der Waals surface area contributed by atoms with Gasteiger partial charge in [0.1, 0.15) is 0 Å². The lowest BCUT2D eigenvalue weighted by Crippen LogP contribution is -2.42. The molecule has 1 N–H and O–H groups in total. The van der Waals surface area contributed by atoms with E-state index in [4.69, 9.17) is 9.84 Å². The summed E-state index contributed by atoms with van der Waals surface area (Å²) in [4.78, 5) is 17.7. The summed E-state index contributed by atoms with van der Waals surface area (Å²) in [5.41, 5.74) is 0. The zero-order chi connectivity index (χ0) is 13.5. The van der Waals surface area contributed by atoms with Gasteiger partial charge in [-0.15, -0.1) is 0 Å². The van der Waals surface area contributed by atoms with Crippen LogP contribution in [0.3, 0.4) is 0 Å². The Balaban J connectivity index is 1.65. The highest BCUT2D eigenvalue weighted by molar-refractivity contribution is 5.69. The third-order valence-corrected chi connectivity index (χ3v) is 3.88. The van der Waals surface area contributed by atoms with Crippen molar-refractivity contribution in [1.29, 1.82) is 0 Å². The zero-order valence-corrected chi connectivity index (χ0v) is 11.6. The molecule has 2 aliphatic rings. The molecule has 0 aromatic carbocycles. The van der Waals surface area contributed by atoms with E-state index >= 15 is 0 Å². The number of morpholine rings is 1. The van der Waals surface area contributed by atoms with Gasteiger partial charge < -0.3 is 14.7 Å². The summed E-state index contributed by atoms with van der Waals surface area (Å²) < 4.78 is 5.35. The van der Waals surface area contributed by atoms with E-state index in [0.29, 0.717) is 0 Å². The molecule has 0 saturated carbocycles. The molecule has 0 spiro atoms. The van der Waals surface area contributed by atoms with Gasteiger partial charge in [0.25, 0.3) is 0 Å². The third kappa shape index (κ3) is 5.44. The molecular weight excluding hydrogens is 246 g/mol. The Bertz CT molecular complexity index is 282. The van der Waals surface area contributed by atoms with Gasteiger partial charge in [-0.2, -0.15) is 0 Å². The van der Waals surface area contributed by atoms with Crippen LogP contribution in [0.2, 0.25) is 0 Å². The number of carboxylic acids is 1. The summed E-state index contributed by atoms with van der Waals surface area (Å²) >= 11 is 0. The highest BCUT2D eigenvalue weighted by atomic mass is 16.5. The molecule has 0 aromatic heterocycles. The van der Waals surface area contributed by atoms with Crippen LogP contribution in [0.5, 0.6) is 0 Å². The van der Waals surface area contributed by atoms with Gasteiger partial charge in [-0.3, -0.25) is 14.6 Å². The second-order valence-electron chi connectivity index (χ2n) is 5.32. The molecule has 2 heterocycles.